The van der Waals surface area contributed by atoms with Crippen molar-refractivity contribution in [1.82, 2.24) is 5.32 Å². The summed E-state index contributed by atoms with van der Waals surface area (Å²) in [6.07, 6.45) is 1.47. The summed E-state index contributed by atoms with van der Waals surface area (Å²) in [6, 6.07) is 7.67. The lowest BCUT2D eigenvalue weighted by atomic mass is 10.1. The molecular formula is C16H21N3O. The first kappa shape index (κ1) is 15.8. The van der Waals surface area contributed by atoms with E-state index in [9.17, 15) is 4.79 Å². The molecule has 0 bridgehead atoms. The first-order valence-corrected chi connectivity index (χ1v) is 6.66. The summed E-state index contributed by atoms with van der Waals surface area (Å²) < 4.78 is 0. The number of hydrogen-bond acceptors (Lipinski definition) is 3. The van der Waals surface area contributed by atoms with Crippen LogP contribution in [0.3, 0.4) is 0 Å². The predicted molar refractivity (Wildman–Crippen MR) is 81.1 cm³/mol. The molecule has 0 aromatic heterocycles. The van der Waals surface area contributed by atoms with Gasteiger partial charge in [0.1, 0.15) is 11.6 Å². The van der Waals surface area contributed by atoms with E-state index < -0.39 is 5.91 Å². The molecule has 0 aliphatic rings. The van der Waals surface area contributed by atoms with Gasteiger partial charge in [-0.2, -0.15) is 5.26 Å². The second-order valence-corrected chi connectivity index (χ2v) is 5.24. The average molecular weight is 271 g/mol. The molecule has 0 spiro atoms. The van der Waals surface area contributed by atoms with Crippen LogP contribution in [-0.2, 0) is 4.79 Å². The van der Waals surface area contributed by atoms with Crippen LogP contribution in [0.2, 0.25) is 0 Å². The van der Waals surface area contributed by atoms with Gasteiger partial charge in [0.2, 0.25) is 0 Å². The SMILES string of the molecule is Cc1ccc(NC(=O)/C(C#N)=C\NCC(C)C)c(C)c1. The van der Waals surface area contributed by atoms with Crippen molar-refractivity contribution >= 4 is 11.6 Å². The quantitative estimate of drug-likeness (QED) is 0.639. The van der Waals surface area contributed by atoms with Crippen LogP contribution >= 0.6 is 0 Å². The standard InChI is InChI=1S/C16H21N3O/c1-11(2)9-18-10-14(8-17)16(20)19-15-6-5-12(3)7-13(15)4/h5-7,10-11,18H,9H2,1-4H3,(H,19,20)/b14-10-. The van der Waals surface area contributed by atoms with Crippen molar-refractivity contribution in [2.75, 3.05) is 11.9 Å². The number of benzene rings is 1. The van der Waals surface area contributed by atoms with Crippen molar-refractivity contribution in [3.8, 4) is 6.07 Å². The molecule has 4 heteroatoms. The zero-order valence-corrected chi connectivity index (χ0v) is 12.4. The first-order chi connectivity index (χ1) is 9.43. The number of anilines is 1. The molecule has 0 saturated carbocycles. The Hall–Kier alpha value is -2.28. The van der Waals surface area contributed by atoms with E-state index in [-0.39, 0.29) is 5.57 Å². The highest BCUT2D eigenvalue weighted by Crippen LogP contribution is 2.16. The van der Waals surface area contributed by atoms with E-state index in [2.05, 4.69) is 24.5 Å². The van der Waals surface area contributed by atoms with E-state index in [1.807, 2.05) is 38.1 Å². The van der Waals surface area contributed by atoms with E-state index in [1.54, 1.807) is 0 Å². The van der Waals surface area contributed by atoms with E-state index in [0.717, 1.165) is 23.4 Å². The minimum Gasteiger partial charge on any atom is -0.389 e. The molecular weight excluding hydrogens is 250 g/mol. The predicted octanol–water partition coefficient (Wildman–Crippen LogP) is 2.90. The van der Waals surface area contributed by atoms with Gasteiger partial charge in [-0.15, -0.1) is 0 Å². The number of hydrogen-bond donors (Lipinski definition) is 2. The van der Waals surface area contributed by atoms with Crippen molar-refractivity contribution in [1.29, 1.82) is 5.26 Å². The van der Waals surface area contributed by atoms with Gasteiger partial charge in [-0.25, -0.2) is 0 Å². The Morgan fingerprint density at radius 2 is 2.10 bits per heavy atom. The van der Waals surface area contributed by atoms with E-state index >= 15 is 0 Å². The fourth-order valence-corrected chi connectivity index (χ4v) is 1.69. The summed E-state index contributed by atoms with van der Waals surface area (Å²) >= 11 is 0. The molecule has 0 saturated heterocycles. The highest BCUT2D eigenvalue weighted by atomic mass is 16.1. The fraction of sp³-hybridized carbons (Fsp3) is 0.375. The fourth-order valence-electron chi connectivity index (χ4n) is 1.69. The Kier molecular flexibility index (Phi) is 5.79. The number of nitrogens with one attached hydrogen (secondary N) is 2. The van der Waals surface area contributed by atoms with Crippen LogP contribution in [0.25, 0.3) is 0 Å². The first-order valence-electron chi connectivity index (χ1n) is 6.66. The summed E-state index contributed by atoms with van der Waals surface area (Å²) in [4.78, 5) is 12.0. The molecule has 1 aromatic rings. The summed E-state index contributed by atoms with van der Waals surface area (Å²) in [5, 5.41) is 14.8. The van der Waals surface area contributed by atoms with E-state index in [4.69, 9.17) is 5.26 Å². The maximum Gasteiger partial charge on any atom is 0.267 e. The number of nitriles is 1. The van der Waals surface area contributed by atoms with Crippen LogP contribution in [0, 0.1) is 31.1 Å². The third-order valence-corrected chi connectivity index (χ3v) is 2.77. The third-order valence-electron chi connectivity index (χ3n) is 2.77. The molecule has 4 nitrogen and oxygen atoms in total. The monoisotopic (exact) mass is 271 g/mol. The smallest absolute Gasteiger partial charge is 0.267 e. The van der Waals surface area contributed by atoms with E-state index in [0.29, 0.717) is 5.92 Å². The second-order valence-electron chi connectivity index (χ2n) is 5.24. The van der Waals surface area contributed by atoms with Crippen molar-refractivity contribution in [3.05, 3.63) is 41.1 Å². The van der Waals surface area contributed by atoms with Gasteiger partial charge in [0.05, 0.1) is 0 Å². The Morgan fingerprint density at radius 3 is 2.65 bits per heavy atom. The van der Waals surface area contributed by atoms with Gasteiger partial charge < -0.3 is 10.6 Å². The summed E-state index contributed by atoms with van der Waals surface area (Å²) in [5.41, 5.74) is 2.91. The zero-order chi connectivity index (χ0) is 15.1. The largest absolute Gasteiger partial charge is 0.389 e. The number of carbonyl (C=O) groups excluding carboxylic acids is 1. The minimum absolute atomic E-state index is 0.0747. The van der Waals surface area contributed by atoms with Crippen molar-refractivity contribution in [3.63, 3.8) is 0 Å². The Labute approximate surface area is 120 Å². The Balaban J connectivity index is 2.75. The summed E-state index contributed by atoms with van der Waals surface area (Å²) in [6.45, 7) is 8.76. The van der Waals surface area contributed by atoms with Gasteiger partial charge in [0, 0.05) is 18.4 Å². The minimum atomic E-state index is -0.393. The topological polar surface area (TPSA) is 64.9 Å². The lowest BCUT2D eigenvalue weighted by molar-refractivity contribution is -0.112. The van der Waals surface area contributed by atoms with Crippen molar-refractivity contribution in [2.24, 2.45) is 5.92 Å². The van der Waals surface area contributed by atoms with Gasteiger partial charge in [0.25, 0.3) is 5.91 Å². The molecule has 0 radical (unpaired) electrons. The van der Waals surface area contributed by atoms with Crippen molar-refractivity contribution in [2.45, 2.75) is 27.7 Å². The molecule has 0 atom stereocenters. The van der Waals surface area contributed by atoms with Crippen LogP contribution < -0.4 is 10.6 Å². The molecule has 2 N–H and O–H groups in total. The van der Waals surface area contributed by atoms with Crippen LogP contribution in [0.5, 0.6) is 0 Å². The lowest BCUT2D eigenvalue weighted by Crippen LogP contribution is -2.19. The molecule has 0 heterocycles. The highest BCUT2D eigenvalue weighted by molar-refractivity contribution is 6.06. The summed E-state index contributed by atoms with van der Waals surface area (Å²) in [7, 11) is 0. The molecule has 106 valence electrons. The molecule has 20 heavy (non-hydrogen) atoms. The Bertz CT molecular complexity index is 553. The van der Waals surface area contributed by atoms with Crippen LogP contribution in [0.1, 0.15) is 25.0 Å². The van der Waals surface area contributed by atoms with Crippen LogP contribution in [-0.4, -0.2) is 12.5 Å². The number of amides is 1. The molecule has 1 amide bonds. The summed E-state index contributed by atoms with van der Waals surface area (Å²) in [5.74, 6) is 0.0595. The maximum absolute atomic E-state index is 12.0. The van der Waals surface area contributed by atoms with Gasteiger partial charge in [-0.3, -0.25) is 4.79 Å². The number of aryl methyl sites for hydroxylation is 2. The zero-order valence-electron chi connectivity index (χ0n) is 12.4. The van der Waals surface area contributed by atoms with Crippen molar-refractivity contribution < 1.29 is 4.79 Å². The number of carbonyl (C=O) groups is 1. The van der Waals surface area contributed by atoms with Gasteiger partial charge in [0.15, 0.2) is 0 Å². The third kappa shape index (κ3) is 4.77. The molecule has 0 unspecified atom stereocenters. The molecule has 1 aromatic carbocycles. The normalized spacial score (nSPS) is 11.1. The molecule has 0 aliphatic heterocycles. The molecule has 0 fully saturated rings. The molecule has 0 aliphatic carbocycles. The number of nitrogens with zero attached hydrogens (tertiary/aromatic N) is 1. The lowest BCUT2D eigenvalue weighted by Gasteiger charge is -2.09. The van der Waals surface area contributed by atoms with Gasteiger partial charge >= 0.3 is 0 Å². The van der Waals surface area contributed by atoms with Crippen LogP contribution in [0.4, 0.5) is 5.69 Å². The van der Waals surface area contributed by atoms with Gasteiger partial charge in [-0.05, 0) is 31.4 Å². The van der Waals surface area contributed by atoms with E-state index in [1.165, 1.54) is 6.20 Å². The highest BCUT2D eigenvalue weighted by Gasteiger charge is 2.10. The van der Waals surface area contributed by atoms with Crippen LogP contribution in [0.15, 0.2) is 30.0 Å². The average Bonchev–Trinajstić information content (AvgIpc) is 2.37. The maximum atomic E-state index is 12.0. The second kappa shape index (κ2) is 7.34. The molecule has 1 rings (SSSR count). The van der Waals surface area contributed by atoms with Gasteiger partial charge in [-0.1, -0.05) is 31.5 Å². The number of rotatable bonds is 5. The Morgan fingerprint density at radius 1 is 1.40 bits per heavy atom.